The quantitative estimate of drug-likeness (QED) is 0.291. The highest BCUT2D eigenvalue weighted by Crippen LogP contribution is 2.21. The van der Waals surface area contributed by atoms with E-state index >= 15 is 0 Å². The number of fused-ring (bicyclic) bond motifs is 2. The second-order valence-corrected chi connectivity index (χ2v) is 7.96. The van der Waals surface area contributed by atoms with Crippen LogP contribution in [-0.4, -0.2) is 25.2 Å². The molecule has 0 fully saturated rings. The van der Waals surface area contributed by atoms with Gasteiger partial charge in [0.2, 0.25) is 5.95 Å². The highest BCUT2D eigenvalue weighted by molar-refractivity contribution is 6.01. The summed E-state index contributed by atoms with van der Waals surface area (Å²) >= 11 is 0. The topological polar surface area (TPSA) is 108 Å². The lowest BCUT2D eigenvalue weighted by atomic mass is 10.1. The monoisotopic (exact) mass is 438 g/mol. The van der Waals surface area contributed by atoms with Crippen molar-refractivity contribution in [3.8, 4) is 5.69 Å². The SMILES string of the molecule is C/C(=N\Nc1nc2ccccc2c(=O)n1-c1cccc(C)c1C)c1ccc2[nH]c(=O)[nH]c2c1. The smallest absolute Gasteiger partial charge is 0.306 e. The second-order valence-electron chi connectivity index (χ2n) is 7.96. The van der Waals surface area contributed by atoms with Crippen molar-refractivity contribution in [1.29, 1.82) is 0 Å². The van der Waals surface area contributed by atoms with Crippen molar-refractivity contribution >= 4 is 33.6 Å². The Kier molecular flexibility index (Phi) is 4.90. The molecule has 3 aromatic carbocycles. The number of nitrogens with one attached hydrogen (secondary N) is 3. The molecule has 3 N–H and O–H groups in total. The maximum atomic E-state index is 13.5. The highest BCUT2D eigenvalue weighted by atomic mass is 16.1. The van der Waals surface area contributed by atoms with Crippen LogP contribution in [0.2, 0.25) is 0 Å². The summed E-state index contributed by atoms with van der Waals surface area (Å²) in [6, 6.07) is 18.6. The zero-order valence-electron chi connectivity index (χ0n) is 18.4. The number of para-hydroxylation sites is 1. The number of H-pyrrole nitrogens is 2. The van der Waals surface area contributed by atoms with Crippen LogP contribution in [0, 0.1) is 13.8 Å². The van der Waals surface area contributed by atoms with Crippen LogP contribution < -0.4 is 16.7 Å². The van der Waals surface area contributed by atoms with Gasteiger partial charge in [0.25, 0.3) is 5.56 Å². The van der Waals surface area contributed by atoms with Gasteiger partial charge in [-0.15, -0.1) is 0 Å². The van der Waals surface area contributed by atoms with E-state index in [2.05, 4.69) is 20.5 Å². The molecule has 0 aliphatic heterocycles. The molecule has 2 heterocycles. The van der Waals surface area contributed by atoms with Crippen molar-refractivity contribution in [2.24, 2.45) is 5.10 Å². The number of hydrogen-bond acceptors (Lipinski definition) is 5. The number of aromatic amines is 2. The maximum Gasteiger partial charge on any atom is 0.323 e. The zero-order chi connectivity index (χ0) is 23.1. The van der Waals surface area contributed by atoms with E-state index in [4.69, 9.17) is 4.98 Å². The molecule has 0 bridgehead atoms. The predicted molar refractivity (Wildman–Crippen MR) is 132 cm³/mol. The van der Waals surface area contributed by atoms with Gasteiger partial charge in [0, 0.05) is 0 Å². The Morgan fingerprint density at radius 3 is 2.61 bits per heavy atom. The lowest BCUT2D eigenvalue weighted by Gasteiger charge is -2.16. The fourth-order valence-electron chi connectivity index (χ4n) is 3.87. The van der Waals surface area contributed by atoms with Crippen LogP contribution in [0.4, 0.5) is 5.95 Å². The van der Waals surface area contributed by atoms with Gasteiger partial charge in [0.1, 0.15) is 0 Å². The highest BCUT2D eigenvalue weighted by Gasteiger charge is 2.15. The summed E-state index contributed by atoms with van der Waals surface area (Å²) in [6.07, 6.45) is 0. The summed E-state index contributed by atoms with van der Waals surface area (Å²) in [5.74, 6) is 0.322. The summed E-state index contributed by atoms with van der Waals surface area (Å²) in [5, 5.41) is 5.04. The molecule has 0 saturated heterocycles. The zero-order valence-corrected chi connectivity index (χ0v) is 18.4. The van der Waals surface area contributed by atoms with E-state index in [0.29, 0.717) is 28.1 Å². The lowest BCUT2D eigenvalue weighted by Crippen LogP contribution is -2.24. The molecule has 0 atom stereocenters. The van der Waals surface area contributed by atoms with Gasteiger partial charge in [-0.25, -0.2) is 19.8 Å². The Morgan fingerprint density at radius 2 is 1.76 bits per heavy atom. The Hall–Kier alpha value is -4.46. The van der Waals surface area contributed by atoms with Crippen LogP contribution in [0.25, 0.3) is 27.6 Å². The van der Waals surface area contributed by atoms with Gasteiger partial charge in [0.05, 0.1) is 33.3 Å². The van der Waals surface area contributed by atoms with Crippen LogP contribution in [0.5, 0.6) is 0 Å². The largest absolute Gasteiger partial charge is 0.323 e. The Labute approximate surface area is 188 Å². The fourth-order valence-corrected chi connectivity index (χ4v) is 3.87. The Morgan fingerprint density at radius 1 is 0.970 bits per heavy atom. The van der Waals surface area contributed by atoms with E-state index in [0.717, 1.165) is 27.9 Å². The molecule has 5 aromatic rings. The van der Waals surface area contributed by atoms with Crippen LogP contribution in [-0.2, 0) is 0 Å². The second kappa shape index (κ2) is 7.90. The number of rotatable bonds is 4. The van der Waals surface area contributed by atoms with Crippen molar-refractivity contribution in [2.75, 3.05) is 5.43 Å². The van der Waals surface area contributed by atoms with Crippen molar-refractivity contribution in [2.45, 2.75) is 20.8 Å². The van der Waals surface area contributed by atoms with E-state index in [9.17, 15) is 9.59 Å². The van der Waals surface area contributed by atoms with Crippen LogP contribution >= 0.6 is 0 Å². The minimum atomic E-state index is -0.257. The predicted octanol–water partition coefficient (Wildman–Crippen LogP) is 4.01. The van der Waals surface area contributed by atoms with E-state index in [1.54, 1.807) is 10.6 Å². The Bertz CT molecular complexity index is 1670. The minimum absolute atomic E-state index is 0.170. The molecule has 0 aliphatic rings. The fraction of sp³-hybridized carbons (Fsp3) is 0.120. The van der Waals surface area contributed by atoms with E-state index in [1.807, 2.05) is 75.4 Å². The van der Waals surface area contributed by atoms with E-state index in [1.165, 1.54) is 0 Å². The van der Waals surface area contributed by atoms with Gasteiger partial charge < -0.3 is 9.97 Å². The van der Waals surface area contributed by atoms with Gasteiger partial charge in [-0.1, -0.05) is 30.3 Å². The summed E-state index contributed by atoms with van der Waals surface area (Å²) in [7, 11) is 0. The number of benzene rings is 3. The van der Waals surface area contributed by atoms with Gasteiger partial charge >= 0.3 is 5.69 Å². The third kappa shape index (κ3) is 3.61. The summed E-state index contributed by atoms with van der Waals surface area (Å²) in [6.45, 7) is 5.84. The van der Waals surface area contributed by atoms with E-state index < -0.39 is 0 Å². The molecule has 164 valence electrons. The molecule has 2 aromatic heterocycles. The van der Waals surface area contributed by atoms with Crippen LogP contribution in [0.1, 0.15) is 23.6 Å². The van der Waals surface area contributed by atoms with Gasteiger partial charge in [-0.3, -0.25) is 4.79 Å². The molecule has 0 unspecified atom stereocenters. The third-order valence-electron chi connectivity index (χ3n) is 5.85. The number of aromatic nitrogens is 4. The first-order valence-electron chi connectivity index (χ1n) is 10.5. The lowest BCUT2D eigenvalue weighted by molar-refractivity contribution is 0.943. The number of nitrogens with zero attached hydrogens (tertiary/aromatic N) is 3. The average molecular weight is 438 g/mol. The first kappa shape index (κ1) is 20.4. The van der Waals surface area contributed by atoms with Crippen LogP contribution in [0.15, 0.2) is 75.4 Å². The molecular formula is C25H22N6O2. The number of aryl methyl sites for hydroxylation is 1. The molecule has 0 aliphatic carbocycles. The summed E-state index contributed by atoms with van der Waals surface area (Å²) < 4.78 is 1.56. The maximum absolute atomic E-state index is 13.5. The molecule has 8 nitrogen and oxygen atoms in total. The molecule has 5 rings (SSSR count). The van der Waals surface area contributed by atoms with Crippen LogP contribution in [0.3, 0.4) is 0 Å². The molecule has 0 saturated carbocycles. The normalized spacial score (nSPS) is 11.9. The molecule has 0 radical (unpaired) electrons. The van der Waals surface area contributed by atoms with Crippen molar-refractivity contribution < 1.29 is 0 Å². The minimum Gasteiger partial charge on any atom is -0.306 e. The third-order valence-corrected chi connectivity index (χ3v) is 5.85. The number of hydrogen-bond donors (Lipinski definition) is 3. The van der Waals surface area contributed by atoms with E-state index in [-0.39, 0.29) is 11.2 Å². The number of imidazole rings is 1. The molecular weight excluding hydrogens is 416 g/mol. The first-order valence-corrected chi connectivity index (χ1v) is 10.5. The Balaban J connectivity index is 1.64. The molecule has 0 amide bonds. The van der Waals surface area contributed by atoms with Gasteiger partial charge in [0.15, 0.2) is 0 Å². The standard InChI is InChI=1S/C25H22N6O2/c1-14-7-6-10-22(15(14)2)31-23(32)18-8-4-5-9-19(18)26-24(31)30-29-16(3)17-11-12-20-21(13-17)28-25(33)27-20/h4-13H,1-3H3,(H,26,30)(H2,27,28,33)/b29-16+. The summed E-state index contributed by atoms with van der Waals surface area (Å²) in [5.41, 5.74) is 8.90. The molecule has 33 heavy (non-hydrogen) atoms. The summed E-state index contributed by atoms with van der Waals surface area (Å²) in [4.78, 5) is 35.2. The average Bonchev–Trinajstić information content (AvgIpc) is 3.19. The van der Waals surface area contributed by atoms with Crippen molar-refractivity contribution in [3.05, 3.63) is 98.2 Å². The van der Waals surface area contributed by atoms with Gasteiger partial charge in [-0.2, -0.15) is 5.10 Å². The first-order chi connectivity index (χ1) is 15.9. The van der Waals surface area contributed by atoms with Crippen molar-refractivity contribution in [3.63, 3.8) is 0 Å². The van der Waals surface area contributed by atoms with Gasteiger partial charge in [-0.05, 0) is 67.8 Å². The number of hydrazone groups is 1. The number of anilines is 1. The van der Waals surface area contributed by atoms with Crippen molar-refractivity contribution in [1.82, 2.24) is 19.5 Å². The molecule has 8 heteroatoms. The molecule has 0 spiro atoms.